The van der Waals surface area contributed by atoms with Gasteiger partial charge in [0, 0.05) is 17.5 Å². The molecule has 0 fully saturated rings. The lowest BCUT2D eigenvalue weighted by Crippen LogP contribution is -2.05. The van der Waals surface area contributed by atoms with Crippen LogP contribution in [0.15, 0.2) is 29.1 Å². The zero-order chi connectivity index (χ0) is 12.3. The van der Waals surface area contributed by atoms with Crippen LogP contribution in [0.25, 0.3) is 11.3 Å². The van der Waals surface area contributed by atoms with E-state index in [1.54, 1.807) is 13.1 Å². The highest BCUT2D eigenvalue weighted by Gasteiger charge is 2.18. The van der Waals surface area contributed by atoms with Gasteiger partial charge in [-0.1, -0.05) is 5.16 Å². The molecule has 0 unspecified atom stereocenters. The molecule has 0 N–H and O–H groups in total. The molecular weight excluding hydrogens is 220 g/mol. The Bertz CT molecular complexity index is 517. The first-order valence-electron chi connectivity index (χ1n) is 5.27. The van der Waals surface area contributed by atoms with Gasteiger partial charge in [0.1, 0.15) is 17.5 Å². The molecule has 2 aromatic rings. The molecule has 0 atom stereocenters. The van der Waals surface area contributed by atoms with Gasteiger partial charge in [-0.25, -0.2) is 4.79 Å². The Morgan fingerprint density at radius 2 is 2.29 bits per heavy atom. The van der Waals surface area contributed by atoms with E-state index in [2.05, 4.69) is 10.1 Å². The zero-order valence-electron chi connectivity index (χ0n) is 9.64. The molecule has 0 amide bonds. The maximum atomic E-state index is 11.6. The standard InChI is InChI=1S/C12H12N2O3/c1-3-16-12(15)10-7-17-14-11(10)9-5-4-8(2)13-6-9/h4-7H,3H2,1-2H3. The average Bonchev–Trinajstić information content (AvgIpc) is 2.79. The molecule has 0 aliphatic rings. The van der Waals surface area contributed by atoms with E-state index in [-0.39, 0.29) is 0 Å². The Hall–Kier alpha value is -2.17. The minimum atomic E-state index is -0.440. The van der Waals surface area contributed by atoms with Crippen LogP contribution in [-0.4, -0.2) is 22.7 Å². The highest BCUT2D eigenvalue weighted by atomic mass is 16.5. The normalized spacial score (nSPS) is 10.2. The maximum absolute atomic E-state index is 11.6. The third kappa shape index (κ3) is 2.33. The van der Waals surface area contributed by atoms with Crippen molar-refractivity contribution in [2.45, 2.75) is 13.8 Å². The van der Waals surface area contributed by atoms with Gasteiger partial charge in [-0.2, -0.15) is 0 Å². The summed E-state index contributed by atoms with van der Waals surface area (Å²) >= 11 is 0. The number of nitrogens with zero attached hydrogens (tertiary/aromatic N) is 2. The quantitative estimate of drug-likeness (QED) is 0.759. The number of esters is 1. The largest absolute Gasteiger partial charge is 0.462 e. The van der Waals surface area contributed by atoms with Crippen molar-refractivity contribution >= 4 is 5.97 Å². The lowest BCUT2D eigenvalue weighted by atomic mass is 10.1. The molecule has 5 nitrogen and oxygen atoms in total. The van der Waals surface area contributed by atoms with Gasteiger partial charge in [0.05, 0.1) is 6.61 Å². The average molecular weight is 232 g/mol. The molecule has 0 saturated heterocycles. The summed E-state index contributed by atoms with van der Waals surface area (Å²) in [5, 5.41) is 3.80. The predicted octanol–water partition coefficient (Wildman–Crippen LogP) is 2.22. The fourth-order valence-electron chi connectivity index (χ4n) is 1.41. The molecular formula is C12H12N2O3. The van der Waals surface area contributed by atoms with Crippen molar-refractivity contribution in [2.24, 2.45) is 0 Å². The molecule has 0 radical (unpaired) electrons. The summed E-state index contributed by atoms with van der Waals surface area (Å²) < 4.78 is 9.73. The lowest BCUT2D eigenvalue weighted by Gasteiger charge is -2.01. The molecule has 0 spiro atoms. The van der Waals surface area contributed by atoms with Crippen molar-refractivity contribution in [1.29, 1.82) is 0 Å². The van der Waals surface area contributed by atoms with E-state index in [4.69, 9.17) is 9.26 Å². The van der Waals surface area contributed by atoms with Crippen molar-refractivity contribution in [1.82, 2.24) is 10.1 Å². The Morgan fingerprint density at radius 1 is 1.47 bits per heavy atom. The molecule has 0 aliphatic carbocycles. The van der Waals surface area contributed by atoms with Crippen LogP contribution in [0.5, 0.6) is 0 Å². The highest BCUT2D eigenvalue weighted by molar-refractivity contribution is 5.95. The van der Waals surface area contributed by atoms with Gasteiger partial charge in [0.2, 0.25) is 0 Å². The summed E-state index contributed by atoms with van der Waals surface area (Å²) in [7, 11) is 0. The minimum absolute atomic E-state index is 0.315. The SMILES string of the molecule is CCOC(=O)c1conc1-c1ccc(C)nc1. The monoisotopic (exact) mass is 232 g/mol. The smallest absolute Gasteiger partial charge is 0.343 e. The second kappa shape index (κ2) is 4.78. The number of ether oxygens (including phenoxy) is 1. The molecule has 2 aromatic heterocycles. The fraction of sp³-hybridized carbons (Fsp3) is 0.250. The number of hydrogen-bond donors (Lipinski definition) is 0. The fourth-order valence-corrected chi connectivity index (χ4v) is 1.41. The second-order valence-corrected chi connectivity index (χ2v) is 3.49. The van der Waals surface area contributed by atoms with E-state index >= 15 is 0 Å². The molecule has 5 heteroatoms. The van der Waals surface area contributed by atoms with Crippen molar-refractivity contribution in [2.75, 3.05) is 6.61 Å². The Kier molecular flexibility index (Phi) is 3.18. The topological polar surface area (TPSA) is 65.2 Å². The Balaban J connectivity index is 2.36. The summed E-state index contributed by atoms with van der Waals surface area (Å²) in [6.45, 7) is 3.95. The predicted molar refractivity (Wildman–Crippen MR) is 60.4 cm³/mol. The summed E-state index contributed by atoms with van der Waals surface area (Å²) in [6, 6.07) is 3.68. The van der Waals surface area contributed by atoms with Crippen molar-refractivity contribution in [3.63, 3.8) is 0 Å². The molecule has 0 saturated carbocycles. The first-order chi connectivity index (χ1) is 8.22. The zero-order valence-corrected chi connectivity index (χ0v) is 9.64. The van der Waals surface area contributed by atoms with Crippen LogP contribution in [0.1, 0.15) is 23.0 Å². The Morgan fingerprint density at radius 3 is 2.94 bits per heavy atom. The number of aryl methyl sites for hydroxylation is 1. The van der Waals surface area contributed by atoms with E-state index in [1.165, 1.54) is 6.26 Å². The summed E-state index contributed by atoms with van der Waals surface area (Å²) in [4.78, 5) is 15.8. The molecule has 88 valence electrons. The van der Waals surface area contributed by atoms with Crippen LogP contribution in [-0.2, 0) is 4.74 Å². The third-order valence-electron chi connectivity index (χ3n) is 2.25. The second-order valence-electron chi connectivity index (χ2n) is 3.49. The van der Waals surface area contributed by atoms with Gasteiger partial charge < -0.3 is 9.26 Å². The Labute approximate surface area is 98.4 Å². The molecule has 2 rings (SSSR count). The van der Waals surface area contributed by atoms with Crippen LogP contribution < -0.4 is 0 Å². The van der Waals surface area contributed by atoms with Gasteiger partial charge in [-0.3, -0.25) is 4.98 Å². The van der Waals surface area contributed by atoms with E-state index < -0.39 is 5.97 Å². The molecule has 17 heavy (non-hydrogen) atoms. The van der Waals surface area contributed by atoms with Gasteiger partial charge in [-0.15, -0.1) is 0 Å². The summed E-state index contributed by atoms with van der Waals surface area (Å²) in [5.41, 5.74) is 2.40. The summed E-state index contributed by atoms with van der Waals surface area (Å²) in [5.74, 6) is -0.440. The van der Waals surface area contributed by atoms with E-state index in [0.717, 1.165) is 11.3 Å². The summed E-state index contributed by atoms with van der Waals surface area (Å²) in [6.07, 6.45) is 2.93. The van der Waals surface area contributed by atoms with Crippen molar-refractivity contribution in [3.8, 4) is 11.3 Å². The third-order valence-corrected chi connectivity index (χ3v) is 2.25. The molecule has 0 aromatic carbocycles. The van der Waals surface area contributed by atoms with Crippen LogP contribution >= 0.6 is 0 Å². The maximum Gasteiger partial charge on any atom is 0.343 e. The van der Waals surface area contributed by atoms with Gasteiger partial charge >= 0.3 is 5.97 Å². The highest BCUT2D eigenvalue weighted by Crippen LogP contribution is 2.22. The van der Waals surface area contributed by atoms with E-state index in [1.807, 2.05) is 19.1 Å². The van der Waals surface area contributed by atoms with Crippen LogP contribution in [0.3, 0.4) is 0 Å². The number of carbonyl (C=O) groups is 1. The minimum Gasteiger partial charge on any atom is -0.462 e. The first-order valence-corrected chi connectivity index (χ1v) is 5.27. The first kappa shape index (κ1) is 11.3. The number of carbonyl (C=O) groups excluding carboxylic acids is 1. The molecule has 0 aliphatic heterocycles. The lowest BCUT2D eigenvalue weighted by molar-refractivity contribution is 0.0526. The van der Waals surface area contributed by atoms with Gasteiger partial charge in [0.25, 0.3) is 0 Å². The van der Waals surface area contributed by atoms with Crippen LogP contribution in [0.4, 0.5) is 0 Å². The molecule has 0 bridgehead atoms. The van der Waals surface area contributed by atoms with Crippen molar-refractivity contribution < 1.29 is 14.1 Å². The number of rotatable bonds is 3. The molecule has 2 heterocycles. The van der Waals surface area contributed by atoms with Crippen molar-refractivity contribution in [3.05, 3.63) is 35.9 Å². The van der Waals surface area contributed by atoms with Gasteiger partial charge in [0.15, 0.2) is 0 Å². The van der Waals surface area contributed by atoms with E-state index in [0.29, 0.717) is 17.9 Å². The number of aromatic nitrogens is 2. The van der Waals surface area contributed by atoms with E-state index in [9.17, 15) is 4.79 Å². The van der Waals surface area contributed by atoms with Gasteiger partial charge in [-0.05, 0) is 26.0 Å². The van der Waals surface area contributed by atoms with Crippen LogP contribution in [0.2, 0.25) is 0 Å². The number of hydrogen-bond acceptors (Lipinski definition) is 5. The number of pyridine rings is 1. The van der Waals surface area contributed by atoms with Crippen LogP contribution in [0, 0.1) is 6.92 Å².